The highest BCUT2D eigenvalue weighted by Crippen LogP contribution is 2.22. The minimum absolute atomic E-state index is 0.182. The van der Waals surface area contributed by atoms with Crippen molar-refractivity contribution in [2.24, 2.45) is 0 Å². The summed E-state index contributed by atoms with van der Waals surface area (Å²) in [5, 5.41) is 3.21. The summed E-state index contributed by atoms with van der Waals surface area (Å²) in [7, 11) is 0. The van der Waals surface area contributed by atoms with Crippen LogP contribution in [-0.2, 0) is 14.3 Å². The van der Waals surface area contributed by atoms with Gasteiger partial charge in [-0.3, -0.25) is 4.79 Å². The molecule has 0 atom stereocenters. The molecule has 0 aliphatic heterocycles. The number of nitrogens with one attached hydrogen (secondary N) is 1. The van der Waals surface area contributed by atoms with E-state index in [1.807, 2.05) is 6.92 Å². The van der Waals surface area contributed by atoms with Crippen LogP contribution in [0, 0.1) is 5.82 Å². The SMILES string of the molecule is CCOc1ccc(NC(=O)COC(=O)/C(=C/c2ccc(Cl)cc2)c2ccc(F)cc2)cc1. The van der Waals surface area contributed by atoms with Crippen molar-refractivity contribution < 1.29 is 23.5 Å². The molecule has 0 aromatic heterocycles. The second kappa shape index (κ2) is 11.1. The normalized spacial score (nSPS) is 11.0. The predicted molar refractivity (Wildman–Crippen MR) is 123 cm³/mol. The number of anilines is 1. The Morgan fingerprint density at radius 3 is 2.25 bits per heavy atom. The lowest BCUT2D eigenvalue weighted by molar-refractivity contribution is -0.141. The summed E-state index contributed by atoms with van der Waals surface area (Å²) in [4.78, 5) is 25.0. The summed E-state index contributed by atoms with van der Waals surface area (Å²) < 4.78 is 23.9. The van der Waals surface area contributed by atoms with E-state index in [9.17, 15) is 14.0 Å². The van der Waals surface area contributed by atoms with E-state index in [4.69, 9.17) is 21.1 Å². The average Bonchev–Trinajstić information content (AvgIpc) is 2.79. The van der Waals surface area contributed by atoms with E-state index in [1.165, 1.54) is 24.3 Å². The Morgan fingerprint density at radius 2 is 1.62 bits per heavy atom. The number of carbonyl (C=O) groups excluding carboxylic acids is 2. The Balaban J connectivity index is 1.69. The lowest BCUT2D eigenvalue weighted by atomic mass is 10.0. The Hall–Kier alpha value is -3.64. The van der Waals surface area contributed by atoms with E-state index >= 15 is 0 Å². The predicted octanol–water partition coefficient (Wildman–Crippen LogP) is 5.60. The second-order valence-electron chi connectivity index (χ2n) is 6.70. The zero-order valence-electron chi connectivity index (χ0n) is 17.3. The molecule has 1 N–H and O–H groups in total. The van der Waals surface area contributed by atoms with Gasteiger partial charge >= 0.3 is 5.97 Å². The van der Waals surface area contributed by atoms with Crippen molar-refractivity contribution in [2.45, 2.75) is 6.92 Å². The summed E-state index contributed by atoms with van der Waals surface area (Å²) in [6, 6.07) is 19.1. The molecule has 3 aromatic rings. The molecule has 0 bridgehead atoms. The first-order chi connectivity index (χ1) is 15.4. The number of benzene rings is 3. The van der Waals surface area contributed by atoms with Gasteiger partial charge in [-0.15, -0.1) is 0 Å². The quantitative estimate of drug-likeness (QED) is 0.274. The topological polar surface area (TPSA) is 64.6 Å². The van der Waals surface area contributed by atoms with Gasteiger partial charge in [-0.05, 0) is 72.7 Å². The largest absolute Gasteiger partial charge is 0.494 e. The van der Waals surface area contributed by atoms with Gasteiger partial charge in [0.15, 0.2) is 6.61 Å². The van der Waals surface area contributed by atoms with Crippen molar-refractivity contribution in [2.75, 3.05) is 18.5 Å². The summed E-state index contributed by atoms with van der Waals surface area (Å²) in [6.45, 7) is 1.94. The average molecular weight is 454 g/mol. The molecule has 0 unspecified atom stereocenters. The van der Waals surface area contributed by atoms with Crippen LogP contribution in [0.25, 0.3) is 11.6 Å². The molecule has 0 aliphatic rings. The number of ether oxygens (including phenoxy) is 2. The van der Waals surface area contributed by atoms with E-state index in [0.29, 0.717) is 34.2 Å². The number of halogens is 2. The minimum atomic E-state index is -0.714. The van der Waals surface area contributed by atoms with Crippen LogP contribution in [0.5, 0.6) is 5.75 Å². The van der Waals surface area contributed by atoms with Crippen molar-refractivity contribution in [3.63, 3.8) is 0 Å². The van der Waals surface area contributed by atoms with Crippen LogP contribution in [0.15, 0.2) is 72.8 Å². The third kappa shape index (κ3) is 6.68. The number of amides is 1. The summed E-state index contributed by atoms with van der Waals surface area (Å²) in [6.07, 6.45) is 1.59. The molecule has 0 aliphatic carbocycles. The Labute approximate surface area is 190 Å². The van der Waals surface area contributed by atoms with Crippen LogP contribution >= 0.6 is 11.6 Å². The molecule has 3 aromatic carbocycles. The van der Waals surface area contributed by atoms with Gasteiger partial charge in [-0.2, -0.15) is 0 Å². The first-order valence-corrected chi connectivity index (χ1v) is 10.3. The van der Waals surface area contributed by atoms with Gasteiger partial charge in [-0.25, -0.2) is 9.18 Å². The first-order valence-electron chi connectivity index (χ1n) is 9.87. The molecule has 1 amide bonds. The molecule has 5 nitrogen and oxygen atoms in total. The molecule has 164 valence electrons. The number of esters is 1. The van der Waals surface area contributed by atoms with Gasteiger partial charge < -0.3 is 14.8 Å². The van der Waals surface area contributed by atoms with Crippen LogP contribution in [0.2, 0.25) is 5.02 Å². The van der Waals surface area contributed by atoms with Crippen LogP contribution in [0.1, 0.15) is 18.1 Å². The maximum Gasteiger partial charge on any atom is 0.339 e. The van der Waals surface area contributed by atoms with E-state index in [0.717, 1.165) is 0 Å². The van der Waals surface area contributed by atoms with Gasteiger partial charge in [0.2, 0.25) is 0 Å². The lowest BCUT2D eigenvalue weighted by Crippen LogP contribution is -2.21. The zero-order chi connectivity index (χ0) is 22.9. The van der Waals surface area contributed by atoms with Gasteiger partial charge in [0.25, 0.3) is 5.91 Å². The fourth-order valence-corrected chi connectivity index (χ4v) is 2.95. The summed E-state index contributed by atoms with van der Waals surface area (Å²) in [5.41, 5.74) is 1.88. The third-order valence-corrected chi connectivity index (χ3v) is 4.59. The fourth-order valence-electron chi connectivity index (χ4n) is 2.82. The number of hydrogen-bond acceptors (Lipinski definition) is 4. The van der Waals surface area contributed by atoms with Gasteiger partial charge in [0.05, 0.1) is 12.2 Å². The van der Waals surface area contributed by atoms with Crippen LogP contribution in [-0.4, -0.2) is 25.1 Å². The lowest BCUT2D eigenvalue weighted by Gasteiger charge is -2.10. The summed E-state index contributed by atoms with van der Waals surface area (Å²) in [5.74, 6) is -0.947. The molecule has 0 saturated carbocycles. The third-order valence-electron chi connectivity index (χ3n) is 4.34. The molecule has 32 heavy (non-hydrogen) atoms. The Kier molecular flexibility index (Phi) is 8.00. The van der Waals surface area contributed by atoms with Crippen molar-refractivity contribution in [1.29, 1.82) is 0 Å². The second-order valence-corrected chi connectivity index (χ2v) is 7.13. The fraction of sp³-hybridized carbons (Fsp3) is 0.120. The molecule has 0 saturated heterocycles. The highest BCUT2D eigenvalue weighted by molar-refractivity contribution is 6.30. The molecular weight excluding hydrogens is 433 g/mol. The zero-order valence-corrected chi connectivity index (χ0v) is 18.1. The van der Waals surface area contributed by atoms with Crippen molar-refractivity contribution in [3.05, 3.63) is 94.8 Å². The molecule has 0 spiro atoms. The Morgan fingerprint density at radius 1 is 0.969 bits per heavy atom. The van der Waals surface area contributed by atoms with Crippen LogP contribution in [0.4, 0.5) is 10.1 Å². The van der Waals surface area contributed by atoms with Crippen LogP contribution < -0.4 is 10.1 Å². The standard InChI is InChI=1S/C25H21ClFNO4/c1-2-31-22-13-11-21(12-14-22)28-24(29)16-32-25(30)23(18-5-9-20(27)10-6-18)15-17-3-7-19(26)8-4-17/h3-15H,2,16H2,1H3,(H,28,29)/b23-15+. The van der Waals surface area contributed by atoms with Gasteiger partial charge in [0.1, 0.15) is 11.6 Å². The maximum absolute atomic E-state index is 13.3. The number of hydrogen-bond donors (Lipinski definition) is 1. The van der Waals surface area contributed by atoms with Crippen molar-refractivity contribution in [3.8, 4) is 5.75 Å². The van der Waals surface area contributed by atoms with E-state index in [-0.39, 0.29) is 5.57 Å². The van der Waals surface area contributed by atoms with Crippen molar-refractivity contribution >= 4 is 40.8 Å². The van der Waals surface area contributed by atoms with Crippen LogP contribution in [0.3, 0.4) is 0 Å². The summed E-state index contributed by atoms with van der Waals surface area (Å²) >= 11 is 5.92. The number of carbonyl (C=O) groups is 2. The molecular formula is C25H21ClFNO4. The minimum Gasteiger partial charge on any atom is -0.494 e. The molecule has 0 fully saturated rings. The smallest absolute Gasteiger partial charge is 0.339 e. The molecule has 7 heteroatoms. The van der Waals surface area contributed by atoms with E-state index in [2.05, 4.69) is 5.32 Å². The molecule has 0 heterocycles. The van der Waals surface area contributed by atoms with Gasteiger partial charge in [0, 0.05) is 10.7 Å². The Bertz CT molecular complexity index is 1090. The molecule has 3 rings (SSSR count). The molecule has 0 radical (unpaired) electrons. The van der Waals surface area contributed by atoms with Gasteiger partial charge in [-0.1, -0.05) is 35.9 Å². The first kappa shape index (κ1) is 23.0. The number of rotatable bonds is 8. The highest BCUT2D eigenvalue weighted by Gasteiger charge is 2.16. The monoisotopic (exact) mass is 453 g/mol. The van der Waals surface area contributed by atoms with Crippen molar-refractivity contribution in [1.82, 2.24) is 0 Å². The maximum atomic E-state index is 13.3. The van der Waals surface area contributed by atoms with E-state index < -0.39 is 24.3 Å². The van der Waals surface area contributed by atoms with E-state index in [1.54, 1.807) is 54.6 Å². The highest BCUT2D eigenvalue weighted by atomic mass is 35.5.